The number of hydrogen-bond donors (Lipinski definition) is 1. The molecule has 2 aromatic carbocycles. The highest BCUT2D eigenvalue weighted by Crippen LogP contribution is 2.22. The number of benzene rings is 2. The second-order valence-corrected chi connectivity index (χ2v) is 6.23. The van der Waals surface area contributed by atoms with Crippen LogP contribution < -0.4 is 5.32 Å². The van der Waals surface area contributed by atoms with Gasteiger partial charge in [0.05, 0.1) is 0 Å². The number of rotatable bonds is 5. The Labute approximate surface area is 129 Å². The van der Waals surface area contributed by atoms with Crippen molar-refractivity contribution in [3.8, 4) is 0 Å². The van der Waals surface area contributed by atoms with Gasteiger partial charge in [0.15, 0.2) is 0 Å². The molecule has 0 bridgehead atoms. The number of hydrogen-bond acceptors (Lipinski definition) is 1. The first-order valence-corrected chi connectivity index (χ1v) is 7.85. The summed E-state index contributed by atoms with van der Waals surface area (Å²) in [5, 5.41) is 3.68. The predicted octanol–water partition coefficient (Wildman–Crippen LogP) is 5.07. The van der Waals surface area contributed by atoms with Crippen molar-refractivity contribution >= 4 is 0 Å². The molecule has 1 nitrogen and oxygen atoms in total. The molecule has 0 aliphatic carbocycles. The zero-order chi connectivity index (χ0) is 15.4. The van der Waals surface area contributed by atoms with Gasteiger partial charge in [-0.15, -0.1) is 0 Å². The molecule has 0 amide bonds. The standard InChI is InChI=1S/C20H27N/c1-14-11-16(3)20(12-15(14)2)18(5)21-13-17(4)19-9-7-6-8-10-19/h6-12,17-18,21H,13H2,1-5H3. The fourth-order valence-corrected chi connectivity index (χ4v) is 2.81. The Balaban J connectivity index is 2.02. The molecule has 1 N–H and O–H groups in total. The van der Waals surface area contributed by atoms with Gasteiger partial charge in [0.25, 0.3) is 0 Å². The molecule has 2 aromatic rings. The lowest BCUT2D eigenvalue weighted by Crippen LogP contribution is -2.24. The largest absolute Gasteiger partial charge is 0.310 e. The molecule has 0 radical (unpaired) electrons. The van der Waals surface area contributed by atoms with E-state index in [9.17, 15) is 0 Å². The van der Waals surface area contributed by atoms with Crippen molar-refractivity contribution in [3.63, 3.8) is 0 Å². The monoisotopic (exact) mass is 281 g/mol. The fourth-order valence-electron chi connectivity index (χ4n) is 2.81. The number of nitrogens with one attached hydrogen (secondary N) is 1. The normalized spacial score (nSPS) is 14.0. The first-order chi connectivity index (χ1) is 9.99. The van der Waals surface area contributed by atoms with Crippen LogP contribution in [-0.4, -0.2) is 6.54 Å². The second kappa shape index (κ2) is 6.91. The van der Waals surface area contributed by atoms with Gasteiger partial charge in [-0.3, -0.25) is 0 Å². The molecule has 0 saturated carbocycles. The summed E-state index contributed by atoms with van der Waals surface area (Å²) in [7, 11) is 0. The van der Waals surface area contributed by atoms with Crippen molar-refractivity contribution in [1.82, 2.24) is 5.32 Å². The van der Waals surface area contributed by atoms with Crippen LogP contribution in [0, 0.1) is 20.8 Å². The summed E-state index contributed by atoms with van der Waals surface area (Å²) in [6.45, 7) is 12.1. The molecule has 0 aliphatic rings. The predicted molar refractivity (Wildman–Crippen MR) is 91.9 cm³/mol. The van der Waals surface area contributed by atoms with Crippen LogP contribution in [0.5, 0.6) is 0 Å². The maximum atomic E-state index is 3.68. The summed E-state index contributed by atoms with van der Waals surface area (Å²) in [6, 6.07) is 15.7. The molecule has 112 valence electrons. The van der Waals surface area contributed by atoms with Crippen molar-refractivity contribution in [3.05, 3.63) is 70.3 Å². The highest BCUT2D eigenvalue weighted by Gasteiger charge is 2.12. The second-order valence-electron chi connectivity index (χ2n) is 6.23. The average molecular weight is 281 g/mol. The van der Waals surface area contributed by atoms with E-state index < -0.39 is 0 Å². The topological polar surface area (TPSA) is 12.0 Å². The van der Waals surface area contributed by atoms with Crippen LogP contribution in [0.15, 0.2) is 42.5 Å². The minimum absolute atomic E-state index is 0.385. The van der Waals surface area contributed by atoms with Crippen LogP contribution in [0.25, 0.3) is 0 Å². The van der Waals surface area contributed by atoms with E-state index in [1.807, 2.05) is 0 Å². The van der Waals surface area contributed by atoms with Crippen LogP contribution in [0.2, 0.25) is 0 Å². The van der Waals surface area contributed by atoms with Gasteiger partial charge >= 0.3 is 0 Å². The lowest BCUT2D eigenvalue weighted by Gasteiger charge is -2.21. The summed E-state index contributed by atoms with van der Waals surface area (Å²) in [6.07, 6.45) is 0. The Morgan fingerprint density at radius 1 is 0.857 bits per heavy atom. The van der Waals surface area contributed by atoms with Gasteiger partial charge in [0, 0.05) is 12.6 Å². The van der Waals surface area contributed by atoms with Gasteiger partial charge in [-0.1, -0.05) is 49.4 Å². The van der Waals surface area contributed by atoms with Crippen LogP contribution >= 0.6 is 0 Å². The van der Waals surface area contributed by atoms with E-state index in [1.165, 1.54) is 27.8 Å². The Morgan fingerprint density at radius 3 is 2.14 bits per heavy atom. The third-order valence-electron chi connectivity index (χ3n) is 4.45. The third-order valence-corrected chi connectivity index (χ3v) is 4.45. The van der Waals surface area contributed by atoms with E-state index in [4.69, 9.17) is 0 Å². The molecule has 2 rings (SSSR count). The van der Waals surface area contributed by atoms with Crippen molar-refractivity contribution in [2.45, 2.75) is 46.6 Å². The van der Waals surface area contributed by atoms with Crippen LogP contribution in [0.1, 0.15) is 53.6 Å². The van der Waals surface area contributed by atoms with Gasteiger partial charge in [0.2, 0.25) is 0 Å². The van der Waals surface area contributed by atoms with E-state index in [2.05, 4.69) is 82.4 Å². The lowest BCUT2D eigenvalue weighted by atomic mass is 9.95. The molecule has 21 heavy (non-hydrogen) atoms. The van der Waals surface area contributed by atoms with Gasteiger partial charge in [-0.2, -0.15) is 0 Å². The molecule has 0 aromatic heterocycles. The van der Waals surface area contributed by atoms with Crippen molar-refractivity contribution in [1.29, 1.82) is 0 Å². The zero-order valence-electron chi connectivity index (χ0n) is 13.9. The van der Waals surface area contributed by atoms with Crippen LogP contribution in [0.4, 0.5) is 0 Å². The molecular formula is C20H27N. The molecule has 2 atom stereocenters. The third kappa shape index (κ3) is 3.95. The van der Waals surface area contributed by atoms with Gasteiger partial charge in [-0.05, 0) is 61.4 Å². The molecule has 0 saturated heterocycles. The Morgan fingerprint density at radius 2 is 1.48 bits per heavy atom. The summed E-state index contributed by atoms with van der Waals surface area (Å²) in [5.74, 6) is 0.528. The smallest absolute Gasteiger partial charge is 0.0294 e. The van der Waals surface area contributed by atoms with E-state index in [0.29, 0.717) is 12.0 Å². The van der Waals surface area contributed by atoms with Crippen LogP contribution in [-0.2, 0) is 0 Å². The lowest BCUT2D eigenvalue weighted by molar-refractivity contribution is 0.535. The molecular weight excluding hydrogens is 254 g/mol. The highest BCUT2D eigenvalue weighted by atomic mass is 14.9. The first kappa shape index (κ1) is 15.8. The molecule has 0 spiro atoms. The molecule has 0 fully saturated rings. The van der Waals surface area contributed by atoms with Gasteiger partial charge in [0.1, 0.15) is 0 Å². The Kier molecular flexibility index (Phi) is 5.19. The average Bonchev–Trinajstić information content (AvgIpc) is 2.49. The molecule has 0 aliphatic heterocycles. The highest BCUT2D eigenvalue weighted by molar-refractivity contribution is 5.38. The minimum atomic E-state index is 0.385. The quantitative estimate of drug-likeness (QED) is 0.807. The Hall–Kier alpha value is -1.60. The van der Waals surface area contributed by atoms with E-state index in [1.54, 1.807) is 0 Å². The maximum Gasteiger partial charge on any atom is 0.0294 e. The SMILES string of the molecule is Cc1cc(C)c(C(C)NCC(C)c2ccccc2)cc1C. The molecule has 1 heteroatoms. The summed E-state index contributed by atoms with van der Waals surface area (Å²) in [5.41, 5.74) is 6.94. The van der Waals surface area contributed by atoms with E-state index in [-0.39, 0.29) is 0 Å². The fraction of sp³-hybridized carbons (Fsp3) is 0.400. The maximum absolute atomic E-state index is 3.68. The van der Waals surface area contributed by atoms with Gasteiger partial charge in [-0.25, -0.2) is 0 Å². The summed E-state index contributed by atoms with van der Waals surface area (Å²) in [4.78, 5) is 0. The van der Waals surface area contributed by atoms with Crippen molar-refractivity contribution < 1.29 is 0 Å². The van der Waals surface area contributed by atoms with Crippen LogP contribution in [0.3, 0.4) is 0 Å². The summed E-state index contributed by atoms with van der Waals surface area (Å²) >= 11 is 0. The first-order valence-electron chi connectivity index (χ1n) is 7.85. The Bertz CT molecular complexity index is 586. The summed E-state index contributed by atoms with van der Waals surface area (Å²) < 4.78 is 0. The van der Waals surface area contributed by atoms with Gasteiger partial charge < -0.3 is 5.32 Å². The van der Waals surface area contributed by atoms with Crippen molar-refractivity contribution in [2.75, 3.05) is 6.54 Å². The molecule has 2 unspecified atom stereocenters. The van der Waals surface area contributed by atoms with Crippen molar-refractivity contribution in [2.24, 2.45) is 0 Å². The minimum Gasteiger partial charge on any atom is -0.310 e. The number of aryl methyl sites for hydroxylation is 3. The van der Waals surface area contributed by atoms with E-state index >= 15 is 0 Å². The molecule has 0 heterocycles. The van der Waals surface area contributed by atoms with E-state index in [0.717, 1.165) is 6.54 Å². The zero-order valence-corrected chi connectivity index (χ0v) is 13.9.